The highest BCUT2D eigenvalue weighted by atomic mass is 79.9. The van der Waals surface area contributed by atoms with Gasteiger partial charge in [0.25, 0.3) is 11.8 Å². The minimum Gasteiger partial charge on any atom is -0.339 e. The molecule has 0 bridgehead atoms. The Labute approximate surface area is 169 Å². The number of halogens is 3. The Hall–Kier alpha value is -1.63. The predicted molar refractivity (Wildman–Crippen MR) is 106 cm³/mol. The van der Waals surface area contributed by atoms with Crippen molar-refractivity contribution in [3.8, 4) is 0 Å². The first kappa shape index (κ1) is 19.1. The molecule has 8 heteroatoms. The Balaban J connectivity index is 1.89. The topological polar surface area (TPSA) is 62.3 Å². The summed E-state index contributed by atoms with van der Waals surface area (Å²) in [4.78, 5) is 31.2. The van der Waals surface area contributed by atoms with E-state index in [1.165, 1.54) is 6.20 Å². The van der Waals surface area contributed by atoms with Crippen LogP contribution in [0.2, 0.25) is 10.2 Å². The van der Waals surface area contributed by atoms with E-state index in [9.17, 15) is 9.59 Å². The van der Waals surface area contributed by atoms with Crippen LogP contribution >= 0.6 is 39.1 Å². The minimum absolute atomic E-state index is 0.0802. The van der Waals surface area contributed by atoms with Crippen LogP contribution < -0.4 is 5.32 Å². The van der Waals surface area contributed by atoms with Crippen molar-refractivity contribution in [3.63, 3.8) is 0 Å². The molecule has 0 atom stereocenters. The van der Waals surface area contributed by atoms with Crippen molar-refractivity contribution in [1.29, 1.82) is 0 Å². The Kier molecular flexibility index (Phi) is 6.16. The molecule has 5 nitrogen and oxygen atoms in total. The lowest BCUT2D eigenvalue weighted by Crippen LogP contribution is -2.36. The molecule has 2 amide bonds. The molecule has 1 aromatic carbocycles. The number of anilines is 1. The summed E-state index contributed by atoms with van der Waals surface area (Å²) in [5, 5.41) is 3.24. The lowest BCUT2D eigenvalue weighted by Gasteiger charge is -2.27. The van der Waals surface area contributed by atoms with E-state index in [4.69, 9.17) is 23.2 Å². The van der Waals surface area contributed by atoms with Gasteiger partial charge in [0, 0.05) is 28.8 Å². The number of benzene rings is 1. The molecule has 3 rings (SSSR count). The van der Waals surface area contributed by atoms with Crippen LogP contribution in [0.25, 0.3) is 0 Å². The maximum Gasteiger partial charge on any atom is 0.258 e. The van der Waals surface area contributed by atoms with Gasteiger partial charge in [0.05, 0.1) is 16.8 Å². The molecule has 1 N–H and O–H groups in total. The molecule has 26 heavy (non-hydrogen) atoms. The second-order valence-electron chi connectivity index (χ2n) is 5.99. The molecule has 1 saturated heterocycles. The Bertz CT molecular complexity index is 854. The van der Waals surface area contributed by atoms with Crippen LogP contribution in [0.15, 0.2) is 34.9 Å². The van der Waals surface area contributed by atoms with Crippen molar-refractivity contribution < 1.29 is 9.59 Å². The zero-order valence-corrected chi connectivity index (χ0v) is 16.9. The predicted octanol–water partition coefficient (Wildman–Crippen LogP) is 5.03. The molecule has 0 unspecified atom stereocenters. The summed E-state index contributed by atoms with van der Waals surface area (Å²) >= 11 is 15.4. The summed E-state index contributed by atoms with van der Waals surface area (Å²) in [7, 11) is 0. The van der Waals surface area contributed by atoms with Crippen LogP contribution in [0, 0.1) is 0 Å². The average molecular weight is 457 g/mol. The van der Waals surface area contributed by atoms with E-state index in [0.717, 1.165) is 32.4 Å². The number of nitrogens with one attached hydrogen (secondary N) is 1. The molecule has 0 aliphatic carbocycles. The van der Waals surface area contributed by atoms with Crippen LogP contribution in [-0.4, -0.2) is 34.8 Å². The largest absolute Gasteiger partial charge is 0.339 e. The number of carbonyl (C=O) groups is 2. The highest BCUT2D eigenvalue weighted by molar-refractivity contribution is 9.10. The summed E-state index contributed by atoms with van der Waals surface area (Å²) < 4.78 is 0.628. The molecule has 0 spiro atoms. The summed E-state index contributed by atoms with van der Waals surface area (Å²) in [5.41, 5.74) is 0.968. The van der Waals surface area contributed by atoms with Gasteiger partial charge in [-0.05, 0) is 59.5 Å². The molecule has 0 saturated carbocycles. The van der Waals surface area contributed by atoms with Crippen LogP contribution in [0.4, 0.5) is 5.69 Å². The molecule has 1 aromatic heterocycles. The van der Waals surface area contributed by atoms with E-state index < -0.39 is 5.91 Å². The zero-order valence-electron chi connectivity index (χ0n) is 13.8. The van der Waals surface area contributed by atoms with Gasteiger partial charge < -0.3 is 10.2 Å². The van der Waals surface area contributed by atoms with E-state index in [0.29, 0.717) is 20.7 Å². The monoisotopic (exact) mass is 455 g/mol. The molecule has 2 aromatic rings. The third kappa shape index (κ3) is 4.37. The first-order valence-corrected chi connectivity index (χ1v) is 9.72. The number of hydrogen-bond acceptors (Lipinski definition) is 3. The van der Waals surface area contributed by atoms with Gasteiger partial charge in [0.15, 0.2) is 0 Å². The Morgan fingerprint density at radius 1 is 1.08 bits per heavy atom. The fraction of sp³-hybridized carbons (Fsp3) is 0.278. The van der Waals surface area contributed by atoms with Gasteiger partial charge in [-0.3, -0.25) is 9.59 Å². The number of aromatic nitrogens is 1. The maximum atomic E-state index is 12.9. The first-order chi connectivity index (χ1) is 12.5. The number of carbonyl (C=O) groups excluding carboxylic acids is 2. The summed E-state index contributed by atoms with van der Waals surface area (Å²) in [5.74, 6) is -0.575. The minimum atomic E-state index is -0.459. The van der Waals surface area contributed by atoms with Crippen molar-refractivity contribution in [2.45, 2.75) is 19.3 Å². The van der Waals surface area contributed by atoms with Crippen molar-refractivity contribution in [1.82, 2.24) is 9.88 Å². The number of amides is 2. The second kappa shape index (κ2) is 8.37. The van der Waals surface area contributed by atoms with E-state index in [2.05, 4.69) is 26.2 Å². The summed E-state index contributed by atoms with van der Waals surface area (Å²) in [6.07, 6.45) is 4.60. The Morgan fingerprint density at radius 2 is 1.81 bits per heavy atom. The summed E-state index contributed by atoms with van der Waals surface area (Å²) in [6, 6.07) is 6.41. The van der Waals surface area contributed by atoms with Crippen LogP contribution in [-0.2, 0) is 0 Å². The molecular formula is C18H16BrCl2N3O2. The van der Waals surface area contributed by atoms with Gasteiger partial charge in [-0.25, -0.2) is 4.98 Å². The smallest absolute Gasteiger partial charge is 0.258 e. The molecule has 1 aliphatic heterocycles. The quantitative estimate of drug-likeness (QED) is 0.658. The van der Waals surface area contributed by atoms with Gasteiger partial charge in [-0.1, -0.05) is 23.2 Å². The number of hydrogen-bond donors (Lipinski definition) is 1. The third-order valence-electron chi connectivity index (χ3n) is 4.15. The number of pyridine rings is 1. The van der Waals surface area contributed by atoms with Crippen LogP contribution in [0.5, 0.6) is 0 Å². The average Bonchev–Trinajstić information content (AvgIpc) is 2.64. The van der Waals surface area contributed by atoms with Gasteiger partial charge in [0.2, 0.25) is 0 Å². The number of rotatable bonds is 3. The lowest BCUT2D eigenvalue weighted by molar-refractivity contribution is 0.0725. The van der Waals surface area contributed by atoms with Crippen LogP contribution in [0.3, 0.4) is 0 Å². The van der Waals surface area contributed by atoms with Gasteiger partial charge >= 0.3 is 0 Å². The van der Waals surface area contributed by atoms with Crippen molar-refractivity contribution in [3.05, 3.63) is 56.2 Å². The number of likely N-dealkylation sites (tertiary alicyclic amines) is 1. The fourth-order valence-corrected chi connectivity index (χ4v) is 3.54. The van der Waals surface area contributed by atoms with E-state index >= 15 is 0 Å². The highest BCUT2D eigenvalue weighted by Gasteiger charge is 2.22. The van der Waals surface area contributed by atoms with Crippen molar-refractivity contribution in [2.75, 3.05) is 18.4 Å². The molecule has 136 valence electrons. The molecule has 1 aliphatic rings. The van der Waals surface area contributed by atoms with Gasteiger partial charge in [0.1, 0.15) is 5.15 Å². The molecule has 2 heterocycles. The highest BCUT2D eigenvalue weighted by Crippen LogP contribution is 2.26. The first-order valence-electron chi connectivity index (χ1n) is 8.17. The van der Waals surface area contributed by atoms with Gasteiger partial charge in [-0.2, -0.15) is 0 Å². The van der Waals surface area contributed by atoms with Crippen LogP contribution in [0.1, 0.15) is 40.0 Å². The van der Waals surface area contributed by atoms with Gasteiger partial charge in [-0.15, -0.1) is 0 Å². The van der Waals surface area contributed by atoms with E-state index in [1.54, 1.807) is 29.2 Å². The van der Waals surface area contributed by atoms with Crippen molar-refractivity contribution in [2.24, 2.45) is 0 Å². The SMILES string of the molecule is O=C(Nc1cc(Cl)ccc1C(=O)N1CCCCC1)c1cc(Br)cnc1Cl. The van der Waals surface area contributed by atoms with E-state index in [-0.39, 0.29) is 16.6 Å². The second-order valence-corrected chi connectivity index (χ2v) is 7.70. The zero-order chi connectivity index (χ0) is 18.7. The number of piperidine rings is 1. The lowest BCUT2D eigenvalue weighted by atomic mass is 10.1. The Morgan fingerprint density at radius 3 is 2.54 bits per heavy atom. The standard InChI is InChI=1S/C18H16BrCl2N3O2/c19-11-8-14(16(21)22-10-11)17(25)23-15-9-12(20)4-5-13(15)18(26)24-6-2-1-3-7-24/h4-5,8-10H,1-3,6-7H2,(H,23,25). The molecule has 0 radical (unpaired) electrons. The third-order valence-corrected chi connectivity index (χ3v) is 5.12. The normalized spacial score (nSPS) is 14.2. The molecular weight excluding hydrogens is 441 g/mol. The molecule has 1 fully saturated rings. The fourth-order valence-electron chi connectivity index (χ4n) is 2.85. The summed E-state index contributed by atoms with van der Waals surface area (Å²) in [6.45, 7) is 1.44. The number of nitrogens with zero attached hydrogens (tertiary/aromatic N) is 2. The maximum absolute atomic E-state index is 12.9. The van der Waals surface area contributed by atoms with E-state index in [1.807, 2.05) is 0 Å². The van der Waals surface area contributed by atoms with Crippen molar-refractivity contribution >= 4 is 56.6 Å².